The number of fused-ring (bicyclic) bond motifs is 1. The smallest absolute Gasteiger partial charge is 0.273 e. The number of carbonyl (C=O) groups excluding carboxylic acids is 3. The summed E-state index contributed by atoms with van der Waals surface area (Å²) in [6.07, 6.45) is 1.12. The summed E-state index contributed by atoms with van der Waals surface area (Å²) in [5.41, 5.74) is 5.23. The molecule has 7 nitrogen and oxygen atoms in total. The molecule has 2 aliphatic heterocycles. The number of hydrazine groups is 1. The quantitative estimate of drug-likeness (QED) is 0.831. The van der Waals surface area contributed by atoms with Gasteiger partial charge in [0, 0.05) is 31.0 Å². The zero-order chi connectivity index (χ0) is 20.0. The van der Waals surface area contributed by atoms with Crippen molar-refractivity contribution >= 4 is 23.5 Å². The van der Waals surface area contributed by atoms with Gasteiger partial charge in [-0.05, 0) is 55.2 Å². The van der Waals surface area contributed by atoms with Gasteiger partial charge in [0.2, 0.25) is 11.8 Å². The second-order valence-corrected chi connectivity index (χ2v) is 7.24. The standard InChI is InChI=1S/C21H22N4O3/c1-12-9-17(23-20(22-3)13(12)2)14-7-8-16-15(10-14)11-24(21(16)28)25-18(26)5-4-6-19(25)27/h7-10H,4-6,11H2,1-3H3,(H,22,23). The Kier molecular flexibility index (Phi) is 4.37. The summed E-state index contributed by atoms with van der Waals surface area (Å²) in [4.78, 5) is 41.9. The number of nitrogens with one attached hydrogen (secondary N) is 1. The minimum atomic E-state index is -0.313. The lowest BCUT2D eigenvalue weighted by atomic mass is 10.0. The average molecular weight is 378 g/mol. The highest BCUT2D eigenvalue weighted by molar-refractivity contribution is 6.04. The molecule has 0 saturated carbocycles. The van der Waals surface area contributed by atoms with Crippen LogP contribution in [0.25, 0.3) is 11.3 Å². The zero-order valence-electron chi connectivity index (χ0n) is 16.2. The van der Waals surface area contributed by atoms with Gasteiger partial charge in [0.25, 0.3) is 5.91 Å². The third-order valence-electron chi connectivity index (χ3n) is 5.45. The number of benzene rings is 1. The number of amides is 3. The number of pyridine rings is 1. The van der Waals surface area contributed by atoms with E-state index in [0.29, 0.717) is 12.0 Å². The molecule has 2 aliphatic rings. The van der Waals surface area contributed by atoms with Crippen molar-refractivity contribution in [2.75, 3.05) is 12.4 Å². The largest absolute Gasteiger partial charge is 0.373 e. The fourth-order valence-electron chi connectivity index (χ4n) is 3.77. The summed E-state index contributed by atoms with van der Waals surface area (Å²) in [6.45, 7) is 4.26. The van der Waals surface area contributed by atoms with Crippen molar-refractivity contribution in [3.05, 3.63) is 46.5 Å². The van der Waals surface area contributed by atoms with Gasteiger partial charge in [0.15, 0.2) is 0 Å². The maximum absolute atomic E-state index is 12.8. The Morgan fingerprint density at radius 2 is 1.75 bits per heavy atom. The van der Waals surface area contributed by atoms with Crippen LogP contribution in [0.2, 0.25) is 0 Å². The van der Waals surface area contributed by atoms with Crippen molar-refractivity contribution in [1.29, 1.82) is 0 Å². The van der Waals surface area contributed by atoms with E-state index in [-0.39, 0.29) is 37.1 Å². The number of imide groups is 1. The number of rotatable bonds is 3. The van der Waals surface area contributed by atoms with Crippen LogP contribution in [0.3, 0.4) is 0 Å². The molecule has 144 valence electrons. The number of piperidine rings is 1. The number of aryl methyl sites for hydroxylation is 1. The first-order chi connectivity index (χ1) is 13.4. The zero-order valence-corrected chi connectivity index (χ0v) is 16.2. The van der Waals surface area contributed by atoms with Gasteiger partial charge in [-0.3, -0.25) is 14.4 Å². The number of anilines is 1. The molecule has 0 aliphatic carbocycles. The summed E-state index contributed by atoms with van der Waals surface area (Å²) < 4.78 is 0. The molecule has 4 rings (SSSR count). The maximum atomic E-state index is 12.8. The van der Waals surface area contributed by atoms with Crippen LogP contribution in [-0.2, 0) is 16.1 Å². The van der Waals surface area contributed by atoms with Crippen molar-refractivity contribution in [3.63, 3.8) is 0 Å². The summed E-state index contributed by atoms with van der Waals surface area (Å²) in [6, 6.07) is 7.55. The van der Waals surface area contributed by atoms with E-state index in [2.05, 4.69) is 10.3 Å². The first kappa shape index (κ1) is 18.2. The highest BCUT2D eigenvalue weighted by Crippen LogP contribution is 2.31. The molecule has 0 spiro atoms. The van der Waals surface area contributed by atoms with E-state index in [9.17, 15) is 14.4 Å². The molecular formula is C21H22N4O3. The van der Waals surface area contributed by atoms with Crippen LogP contribution in [-0.4, -0.2) is 39.8 Å². The van der Waals surface area contributed by atoms with E-state index in [1.165, 1.54) is 5.01 Å². The van der Waals surface area contributed by atoms with Gasteiger partial charge in [-0.15, -0.1) is 0 Å². The molecule has 3 heterocycles. The van der Waals surface area contributed by atoms with Crippen LogP contribution in [0, 0.1) is 13.8 Å². The number of aromatic nitrogens is 1. The van der Waals surface area contributed by atoms with Crippen molar-refractivity contribution in [1.82, 2.24) is 15.0 Å². The molecule has 0 unspecified atom stereocenters. The van der Waals surface area contributed by atoms with Crippen LogP contribution in [0.1, 0.15) is 46.3 Å². The van der Waals surface area contributed by atoms with Gasteiger partial charge in [-0.1, -0.05) is 6.07 Å². The van der Waals surface area contributed by atoms with E-state index in [1.54, 1.807) is 6.07 Å². The highest BCUT2D eigenvalue weighted by Gasteiger charge is 2.39. The monoisotopic (exact) mass is 378 g/mol. The first-order valence-corrected chi connectivity index (χ1v) is 9.37. The van der Waals surface area contributed by atoms with Gasteiger partial charge in [-0.25, -0.2) is 9.99 Å². The molecule has 3 amide bonds. The van der Waals surface area contributed by atoms with Gasteiger partial charge < -0.3 is 5.32 Å². The van der Waals surface area contributed by atoms with E-state index in [4.69, 9.17) is 0 Å². The number of carbonyl (C=O) groups is 3. The molecule has 1 aromatic heterocycles. The number of hydrogen-bond acceptors (Lipinski definition) is 5. The van der Waals surface area contributed by atoms with Crippen molar-refractivity contribution in [3.8, 4) is 11.3 Å². The van der Waals surface area contributed by atoms with E-state index in [0.717, 1.165) is 38.8 Å². The lowest BCUT2D eigenvalue weighted by Crippen LogP contribution is -2.51. The Hall–Kier alpha value is -3.22. The van der Waals surface area contributed by atoms with E-state index >= 15 is 0 Å². The Labute approximate surface area is 163 Å². The number of hydrogen-bond donors (Lipinski definition) is 1. The van der Waals surface area contributed by atoms with Crippen LogP contribution < -0.4 is 5.32 Å². The van der Waals surface area contributed by atoms with Crippen LogP contribution in [0.5, 0.6) is 0 Å². The average Bonchev–Trinajstić information content (AvgIpc) is 2.99. The molecular weight excluding hydrogens is 356 g/mol. The molecule has 0 radical (unpaired) electrons. The Morgan fingerprint density at radius 1 is 1.04 bits per heavy atom. The second-order valence-electron chi connectivity index (χ2n) is 7.24. The van der Waals surface area contributed by atoms with Gasteiger partial charge in [0.05, 0.1) is 12.2 Å². The first-order valence-electron chi connectivity index (χ1n) is 9.37. The van der Waals surface area contributed by atoms with E-state index < -0.39 is 0 Å². The van der Waals surface area contributed by atoms with Crippen LogP contribution in [0.15, 0.2) is 24.3 Å². The summed E-state index contributed by atoms with van der Waals surface area (Å²) >= 11 is 0. The minimum absolute atomic E-state index is 0.212. The predicted molar refractivity (Wildman–Crippen MR) is 104 cm³/mol. The maximum Gasteiger partial charge on any atom is 0.273 e. The molecule has 28 heavy (non-hydrogen) atoms. The Morgan fingerprint density at radius 3 is 2.43 bits per heavy atom. The predicted octanol–water partition coefficient (Wildman–Crippen LogP) is 2.82. The van der Waals surface area contributed by atoms with Crippen molar-refractivity contribution in [2.45, 2.75) is 39.7 Å². The summed E-state index contributed by atoms with van der Waals surface area (Å²) in [7, 11) is 1.84. The summed E-state index contributed by atoms with van der Waals surface area (Å²) in [5, 5.41) is 5.41. The molecule has 1 aromatic carbocycles. The number of nitrogens with zero attached hydrogens (tertiary/aromatic N) is 3. The highest BCUT2D eigenvalue weighted by atomic mass is 16.2. The minimum Gasteiger partial charge on any atom is -0.373 e. The third-order valence-corrected chi connectivity index (χ3v) is 5.45. The Bertz CT molecular complexity index is 999. The van der Waals surface area contributed by atoms with Crippen LogP contribution in [0.4, 0.5) is 5.82 Å². The molecule has 0 bridgehead atoms. The fourth-order valence-corrected chi connectivity index (χ4v) is 3.77. The van der Waals surface area contributed by atoms with E-state index in [1.807, 2.05) is 39.1 Å². The lowest BCUT2D eigenvalue weighted by molar-refractivity contribution is -0.163. The molecule has 7 heteroatoms. The molecule has 1 saturated heterocycles. The lowest BCUT2D eigenvalue weighted by Gasteiger charge is -2.32. The molecule has 1 N–H and O–H groups in total. The normalized spacial score (nSPS) is 16.6. The van der Waals surface area contributed by atoms with Crippen molar-refractivity contribution < 1.29 is 14.4 Å². The van der Waals surface area contributed by atoms with Gasteiger partial charge >= 0.3 is 0 Å². The molecule has 1 fully saturated rings. The third kappa shape index (κ3) is 2.83. The van der Waals surface area contributed by atoms with Crippen LogP contribution >= 0.6 is 0 Å². The second kappa shape index (κ2) is 6.74. The molecule has 2 aromatic rings. The summed E-state index contributed by atoms with van der Waals surface area (Å²) in [5.74, 6) is -0.119. The van der Waals surface area contributed by atoms with Gasteiger partial charge in [0.1, 0.15) is 5.82 Å². The van der Waals surface area contributed by atoms with Crippen molar-refractivity contribution in [2.24, 2.45) is 0 Å². The Balaban J connectivity index is 1.69. The molecule has 0 atom stereocenters. The fraction of sp³-hybridized carbons (Fsp3) is 0.333. The van der Waals surface area contributed by atoms with Gasteiger partial charge in [-0.2, -0.15) is 5.01 Å². The SMILES string of the molecule is CNc1nc(-c2ccc3c(c2)CN(N2C(=O)CCCC2=O)C3=O)cc(C)c1C. The topological polar surface area (TPSA) is 82.6 Å².